The molecule has 0 amide bonds. The SMILES string of the molecule is Cc1nn(C)c(C)c1C(=O)C=Cc1sncc1Br. The number of carbonyl (C=O) groups is 1. The molecule has 2 rings (SSSR count). The standard InChI is InChI=1S/C12H12BrN3OS/c1-7-12(8(2)16(3)15-7)10(17)4-5-11-9(13)6-14-18-11/h4-6H,1-3H3. The van der Waals surface area contributed by atoms with Gasteiger partial charge >= 0.3 is 0 Å². The molecule has 0 aromatic carbocycles. The van der Waals surface area contributed by atoms with Crippen molar-refractivity contribution >= 4 is 39.3 Å². The van der Waals surface area contributed by atoms with Crippen molar-refractivity contribution in [3.63, 3.8) is 0 Å². The van der Waals surface area contributed by atoms with E-state index in [1.807, 2.05) is 20.9 Å². The zero-order valence-corrected chi connectivity index (χ0v) is 12.7. The van der Waals surface area contributed by atoms with Gasteiger partial charge in [0.05, 0.1) is 26.8 Å². The summed E-state index contributed by atoms with van der Waals surface area (Å²) in [7, 11) is 1.84. The predicted molar refractivity (Wildman–Crippen MR) is 75.9 cm³/mol. The number of aryl methyl sites for hydroxylation is 2. The van der Waals surface area contributed by atoms with Crippen LogP contribution in [0.3, 0.4) is 0 Å². The van der Waals surface area contributed by atoms with Crippen LogP contribution in [0.5, 0.6) is 0 Å². The quantitative estimate of drug-likeness (QED) is 0.643. The molecule has 2 heterocycles. The highest BCUT2D eigenvalue weighted by molar-refractivity contribution is 9.10. The number of hydrogen-bond acceptors (Lipinski definition) is 4. The van der Waals surface area contributed by atoms with E-state index in [9.17, 15) is 4.79 Å². The number of halogens is 1. The van der Waals surface area contributed by atoms with Gasteiger partial charge in [-0.15, -0.1) is 0 Å². The van der Waals surface area contributed by atoms with Gasteiger partial charge in [0.25, 0.3) is 0 Å². The number of hydrogen-bond donors (Lipinski definition) is 0. The lowest BCUT2D eigenvalue weighted by molar-refractivity contribution is 0.104. The summed E-state index contributed by atoms with van der Waals surface area (Å²) in [6, 6.07) is 0. The lowest BCUT2D eigenvalue weighted by Gasteiger charge is -1.96. The van der Waals surface area contributed by atoms with E-state index in [4.69, 9.17) is 0 Å². The average Bonchev–Trinajstić information content (AvgIpc) is 2.81. The van der Waals surface area contributed by atoms with Crippen molar-refractivity contribution < 1.29 is 4.79 Å². The van der Waals surface area contributed by atoms with Gasteiger partial charge in [-0.3, -0.25) is 9.48 Å². The van der Waals surface area contributed by atoms with Crippen LogP contribution >= 0.6 is 27.5 Å². The highest BCUT2D eigenvalue weighted by atomic mass is 79.9. The van der Waals surface area contributed by atoms with Gasteiger partial charge in [-0.2, -0.15) is 9.47 Å². The molecule has 0 N–H and O–H groups in total. The van der Waals surface area contributed by atoms with Crippen LogP contribution in [0, 0.1) is 13.8 Å². The van der Waals surface area contributed by atoms with Crippen molar-refractivity contribution in [2.75, 3.05) is 0 Å². The fourth-order valence-corrected chi connectivity index (χ4v) is 2.84. The van der Waals surface area contributed by atoms with Gasteiger partial charge in [-0.05, 0) is 53.5 Å². The number of aromatic nitrogens is 3. The van der Waals surface area contributed by atoms with E-state index in [1.165, 1.54) is 11.5 Å². The second-order valence-corrected chi connectivity index (χ2v) is 5.59. The van der Waals surface area contributed by atoms with Gasteiger partial charge in [0.2, 0.25) is 0 Å². The van der Waals surface area contributed by atoms with Crippen LogP contribution in [0.1, 0.15) is 26.6 Å². The molecule has 0 radical (unpaired) electrons. The minimum absolute atomic E-state index is 0.0293. The second kappa shape index (κ2) is 5.16. The number of allylic oxidation sites excluding steroid dienone is 1. The van der Waals surface area contributed by atoms with E-state index < -0.39 is 0 Å². The molecule has 0 bridgehead atoms. The van der Waals surface area contributed by atoms with E-state index in [0.717, 1.165) is 20.7 Å². The lowest BCUT2D eigenvalue weighted by atomic mass is 10.1. The molecule has 2 aromatic heterocycles. The Kier molecular flexibility index (Phi) is 3.77. The van der Waals surface area contributed by atoms with Crippen molar-refractivity contribution in [2.24, 2.45) is 7.05 Å². The monoisotopic (exact) mass is 325 g/mol. The van der Waals surface area contributed by atoms with Gasteiger partial charge in [-0.1, -0.05) is 0 Å². The third-order valence-corrected chi connectivity index (χ3v) is 4.35. The third-order valence-electron chi connectivity index (χ3n) is 2.69. The third kappa shape index (κ3) is 2.44. The van der Waals surface area contributed by atoms with Crippen LogP contribution in [-0.4, -0.2) is 19.9 Å². The molecule has 94 valence electrons. The minimum atomic E-state index is -0.0293. The van der Waals surface area contributed by atoms with E-state index in [-0.39, 0.29) is 5.78 Å². The molecular formula is C12H12BrN3OS. The fraction of sp³-hybridized carbons (Fsp3) is 0.250. The lowest BCUT2D eigenvalue weighted by Crippen LogP contribution is -1.99. The number of nitrogens with zero attached hydrogens (tertiary/aromatic N) is 3. The first-order chi connectivity index (χ1) is 8.50. The Morgan fingerprint density at radius 1 is 1.50 bits per heavy atom. The maximum Gasteiger partial charge on any atom is 0.189 e. The predicted octanol–water partition coefficient (Wildman–Crippen LogP) is 3.15. The van der Waals surface area contributed by atoms with Gasteiger partial charge in [0.1, 0.15) is 0 Å². The fourth-order valence-electron chi connectivity index (χ4n) is 1.71. The van der Waals surface area contributed by atoms with Crippen molar-refractivity contribution in [2.45, 2.75) is 13.8 Å². The molecule has 0 saturated carbocycles. The molecule has 18 heavy (non-hydrogen) atoms. The topological polar surface area (TPSA) is 47.8 Å². The molecule has 0 aliphatic rings. The minimum Gasteiger partial charge on any atom is -0.289 e. The summed E-state index contributed by atoms with van der Waals surface area (Å²) in [5.74, 6) is -0.0293. The van der Waals surface area contributed by atoms with Crippen LogP contribution in [0.25, 0.3) is 6.08 Å². The van der Waals surface area contributed by atoms with Crippen LogP contribution in [0.2, 0.25) is 0 Å². The summed E-state index contributed by atoms with van der Waals surface area (Å²) in [6.45, 7) is 3.74. The molecule has 2 aromatic rings. The van der Waals surface area contributed by atoms with Crippen molar-refractivity contribution in [1.82, 2.24) is 14.2 Å². The first kappa shape index (κ1) is 13.2. The van der Waals surface area contributed by atoms with Crippen LogP contribution in [0.15, 0.2) is 16.7 Å². The Morgan fingerprint density at radius 3 is 2.72 bits per heavy atom. The van der Waals surface area contributed by atoms with E-state index >= 15 is 0 Å². The normalized spacial score (nSPS) is 11.3. The summed E-state index contributed by atoms with van der Waals surface area (Å²) < 4.78 is 6.65. The Balaban J connectivity index is 2.28. The first-order valence-electron chi connectivity index (χ1n) is 5.33. The largest absolute Gasteiger partial charge is 0.289 e. The molecule has 0 unspecified atom stereocenters. The summed E-state index contributed by atoms with van der Waals surface area (Å²) >= 11 is 4.72. The average molecular weight is 326 g/mol. The molecule has 6 heteroatoms. The summed E-state index contributed by atoms with van der Waals surface area (Å²) in [5.41, 5.74) is 2.31. The van der Waals surface area contributed by atoms with E-state index in [1.54, 1.807) is 23.0 Å². The molecule has 0 atom stereocenters. The van der Waals surface area contributed by atoms with Crippen LogP contribution in [-0.2, 0) is 7.05 Å². The van der Waals surface area contributed by atoms with Crippen LogP contribution < -0.4 is 0 Å². The van der Waals surface area contributed by atoms with Crippen molar-refractivity contribution in [3.05, 3.63) is 38.6 Å². The van der Waals surface area contributed by atoms with Crippen LogP contribution in [0.4, 0.5) is 0 Å². The summed E-state index contributed by atoms with van der Waals surface area (Å²) in [6.07, 6.45) is 5.06. The molecule has 0 spiro atoms. The highest BCUT2D eigenvalue weighted by Crippen LogP contribution is 2.22. The molecular weight excluding hydrogens is 314 g/mol. The highest BCUT2D eigenvalue weighted by Gasteiger charge is 2.14. The Hall–Kier alpha value is -1.27. The Bertz CT molecular complexity index is 627. The maximum absolute atomic E-state index is 12.1. The second-order valence-electron chi connectivity index (χ2n) is 3.90. The van der Waals surface area contributed by atoms with Crippen molar-refractivity contribution in [3.8, 4) is 0 Å². The summed E-state index contributed by atoms with van der Waals surface area (Å²) in [4.78, 5) is 13.1. The smallest absolute Gasteiger partial charge is 0.189 e. The van der Waals surface area contributed by atoms with E-state index in [2.05, 4.69) is 25.4 Å². The maximum atomic E-state index is 12.1. The van der Waals surface area contributed by atoms with Gasteiger partial charge in [0, 0.05) is 12.7 Å². The number of ketones is 1. The van der Waals surface area contributed by atoms with Crippen molar-refractivity contribution in [1.29, 1.82) is 0 Å². The zero-order chi connectivity index (χ0) is 13.3. The molecule has 0 saturated heterocycles. The summed E-state index contributed by atoms with van der Waals surface area (Å²) in [5, 5.41) is 4.24. The van der Waals surface area contributed by atoms with Gasteiger partial charge < -0.3 is 0 Å². The van der Waals surface area contributed by atoms with Gasteiger partial charge in [-0.25, -0.2) is 0 Å². The molecule has 4 nitrogen and oxygen atoms in total. The zero-order valence-electron chi connectivity index (χ0n) is 10.3. The molecule has 0 fully saturated rings. The Morgan fingerprint density at radius 2 is 2.22 bits per heavy atom. The number of rotatable bonds is 3. The number of carbonyl (C=O) groups excluding carboxylic acids is 1. The molecule has 0 aliphatic heterocycles. The van der Waals surface area contributed by atoms with E-state index in [0.29, 0.717) is 5.56 Å². The molecule has 0 aliphatic carbocycles. The van der Waals surface area contributed by atoms with Gasteiger partial charge in [0.15, 0.2) is 5.78 Å². The first-order valence-corrected chi connectivity index (χ1v) is 6.90. The Labute approximate surface area is 118 Å².